The van der Waals surface area contributed by atoms with Gasteiger partial charge >= 0.3 is 12.3 Å². The van der Waals surface area contributed by atoms with Gasteiger partial charge in [-0.25, -0.2) is 4.79 Å². The van der Waals surface area contributed by atoms with Crippen molar-refractivity contribution >= 4 is 6.09 Å². The number of aliphatic hydroxyl groups is 1. The average Bonchev–Trinajstić information content (AvgIpc) is 2.68. The van der Waals surface area contributed by atoms with Crippen LogP contribution >= 0.6 is 0 Å². The monoisotopic (exact) mass is 334 g/mol. The van der Waals surface area contributed by atoms with Crippen LogP contribution < -0.4 is 0 Å². The Morgan fingerprint density at radius 3 is 2.65 bits per heavy atom. The van der Waals surface area contributed by atoms with Gasteiger partial charge in [0.2, 0.25) is 0 Å². The maximum Gasteiger partial charge on any atom is 0.433 e. The van der Waals surface area contributed by atoms with E-state index < -0.39 is 42.4 Å². The van der Waals surface area contributed by atoms with Crippen molar-refractivity contribution in [1.82, 2.24) is 9.88 Å². The zero-order chi connectivity index (χ0) is 17.4. The van der Waals surface area contributed by atoms with Gasteiger partial charge < -0.3 is 14.9 Å². The number of carboxylic acid groups (broad SMARTS) is 1. The molecular weight excluding hydrogens is 317 g/mol. The number of alkyl halides is 3. The van der Waals surface area contributed by atoms with Crippen LogP contribution in [0.15, 0.2) is 18.3 Å². The highest BCUT2D eigenvalue weighted by molar-refractivity contribution is 5.67. The van der Waals surface area contributed by atoms with E-state index in [4.69, 9.17) is 4.74 Å². The highest BCUT2D eigenvalue weighted by Crippen LogP contribution is 2.34. The van der Waals surface area contributed by atoms with Gasteiger partial charge in [0.05, 0.1) is 12.6 Å². The van der Waals surface area contributed by atoms with Gasteiger partial charge in [0.25, 0.3) is 0 Å². The number of pyridine rings is 1. The average molecular weight is 334 g/mol. The fraction of sp³-hybridized carbons (Fsp3) is 0.571. The Bertz CT molecular complexity index is 592. The largest absolute Gasteiger partial charge is 0.465 e. The molecule has 2 unspecified atom stereocenters. The Kier molecular flexibility index (Phi) is 4.54. The molecule has 0 aromatic carbocycles. The summed E-state index contributed by atoms with van der Waals surface area (Å²) >= 11 is 0. The third-order valence-electron chi connectivity index (χ3n) is 3.73. The van der Waals surface area contributed by atoms with Gasteiger partial charge in [0.1, 0.15) is 17.5 Å². The third-order valence-corrected chi connectivity index (χ3v) is 3.73. The highest BCUT2D eigenvalue weighted by atomic mass is 19.4. The van der Waals surface area contributed by atoms with Gasteiger partial charge in [-0.1, -0.05) is 0 Å². The first-order valence-corrected chi connectivity index (χ1v) is 6.89. The number of hydrogen-bond acceptors (Lipinski definition) is 4. The fourth-order valence-electron chi connectivity index (χ4n) is 2.82. The second kappa shape index (κ2) is 5.97. The summed E-state index contributed by atoms with van der Waals surface area (Å²) in [5, 5.41) is 18.8. The van der Waals surface area contributed by atoms with Crippen LogP contribution in [0.5, 0.6) is 0 Å². The number of rotatable bonds is 3. The number of nitrogens with zero attached hydrogens (tertiary/aromatic N) is 2. The summed E-state index contributed by atoms with van der Waals surface area (Å²) in [5.41, 5.74) is -1.96. The zero-order valence-electron chi connectivity index (χ0n) is 12.5. The maximum atomic E-state index is 12.7. The van der Waals surface area contributed by atoms with Gasteiger partial charge in [0.15, 0.2) is 0 Å². The molecule has 1 aliphatic heterocycles. The number of ether oxygens (including phenoxy) is 1. The molecule has 0 radical (unpaired) electrons. The summed E-state index contributed by atoms with van der Waals surface area (Å²) in [4.78, 5) is 15.8. The molecule has 2 rings (SSSR count). The minimum Gasteiger partial charge on any atom is -0.465 e. The summed E-state index contributed by atoms with van der Waals surface area (Å²) in [6.45, 7) is 2.62. The molecule has 128 valence electrons. The van der Waals surface area contributed by atoms with Crippen LogP contribution in [0.4, 0.5) is 18.0 Å². The lowest BCUT2D eigenvalue weighted by molar-refractivity contribution is -0.141. The molecule has 1 aromatic rings. The topological polar surface area (TPSA) is 82.9 Å². The summed E-state index contributed by atoms with van der Waals surface area (Å²) in [5.74, 6) is 0. The SMILES string of the molecule is CC1(C)OC(CO)C(Cc2ccnc(C(F)(F)F)c2)N1C(=O)O. The lowest BCUT2D eigenvalue weighted by Crippen LogP contribution is -2.48. The molecule has 0 bridgehead atoms. The van der Waals surface area contributed by atoms with Gasteiger partial charge in [-0.05, 0) is 38.0 Å². The molecule has 1 amide bonds. The molecule has 1 fully saturated rings. The number of halogens is 3. The summed E-state index contributed by atoms with van der Waals surface area (Å²) in [7, 11) is 0. The number of carbonyl (C=O) groups is 1. The Labute approximate surface area is 130 Å². The van der Waals surface area contributed by atoms with Crippen molar-refractivity contribution in [3.05, 3.63) is 29.6 Å². The van der Waals surface area contributed by atoms with Crippen molar-refractivity contribution in [3.8, 4) is 0 Å². The predicted molar refractivity (Wildman–Crippen MR) is 72.6 cm³/mol. The second-order valence-electron chi connectivity index (χ2n) is 5.76. The number of aliphatic hydroxyl groups excluding tert-OH is 1. The molecule has 0 saturated carbocycles. The lowest BCUT2D eigenvalue weighted by atomic mass is 10.0. The van der Waals surface area contributed by atoms with Gasteiger partial charge in [-0.2, -0.15) is 13.2 Å². The van der Waals surface area contributed by atoms with E-state index >= 15 is 0 Å². The van der Waals surface area contributed by atoms with E-state index in [1.165, 1.54) is 19.9 Å². The van der Waals surface area contributed by atoms with Crippen LogP contribution in [0.25, 0.3) is 0 Å². The molecule has 23 heavy (non-hydrogen) atoms. The van der Waals surface area contributed by atoms with Crippen LogP contribution in [-0.2, 0) is 17.3 Å². The van der Waals surface area contributed by atoms with E-state index in [9.17, 15) is 28.2 Å². The first-order chi connectivity index (χ1) is 10.6. The lowest BCUT2D eigenvalue weighted by Gasteiger charge is -2.31. The van der Waals surface area contributed by atoms with Crippen molar-refractivity contribution in [2.75, 3.05) is 6.61 Å². The van der Waals surface area contributed by atoms with Crippen LogP contribution in [0, 0.1) is 0 Å². The summed E-state index contributed by atoms with van der Waals surface area (Å²) < 4.78 is 43.7. The van der Waals surface area contributed by atoms with Crippen molar-refractivity contribution in [2.45, 2.75) is 44.3 Å². The zero-order valence-corrected chi connectivity index (χ0v) is 12.5. The Morgan fingerprint density at radius 2 is 2.13 bits per heavy atom. The summed E-state index contributed by atoms with van der Waals surface area (Å²) in [6, 6.07) is 1.46. The maximum absolute atomic E-state index is 12.7. The first kappa shape index (κ1) is 17.5. The standard InChI is InChI=1S/C14H17F3N2O4/c1-13(2)19(12(21)22)9(10(7-20)23-13)5-8-3-4-18-11(6-8)14(15,16)17/h3-4,6,9-10,20H,5,7H2,1-2H3,(H,21,22). The van der Waals surface area contributed by atoms with Crippen molar-refractivity contribution < 1.29 is 32.9 Å². The van der Waals surface area contributed by atoms with Crippen molar-refractivity contribution in [1.29, 1.82) is 0 Å². The van der Waals surface area contributed by atoms with Crippen LogP contribution in [0.2, 0.25) is 0 Å². The predicted octanol–water partition coefficient (Wildman–Crippen LogP) is 2.12. The Hall–Kier alpha value is -1.87. The fourth-order valence-corrected chi connectivity index (χ4v) is 2.82. The van der Waals surface area contributed by atoms with E-state index in [1.54, 1.807) is 0 Å². The van der Waals surface area contributed by atoms with Crippen molar-refractivity contribution in [3.63, 3.8) is 0 Å². The molecule has 0 spiro atoms. The molecule has 0 aliphatic carbocycles. The van der Waals surface area contributed by atoms with E-state index in [2.05, 4.69) is 4.98 Å². The Morgan fingerprint density at radius 1 is 1.48 bits per heavy atom. The molecule has 6 nitrogen and oxygen atoms in total. The van der Waals surface area contributed by atoms with Crippen LogP contribution in [-0.4, -0.2) is 50.7 Å². The highest BCUT2D eigenvalue weighted by Gasteiger charge is 2.49. The third kappa shape index (κ3) is 3.56. The van der Waals surface area contributed by atoms with E-state index in [0.29, 0.717) is 0 Å². The van der Waals surface area contributed by atoms with Crippen LogP contribution in [0.1, 0.15) is 25.1 Å². The number of hydrogen-bond donors (Lipinski definition) is 2. The van der Waals surface area contributed by atoms with E-state index in [1.807, 2.05) is 0 Å². The minimum atomic E-state index is -4.58. The van der Waals surface area contributed by atoms with Crippen molar-refractivity contribution in [2.24, 2.45) is 0 Å². The molecule has 2 heterocycles. The molecule has 2 N–H and O–H groups in total. The normalized spacial score (nSPS) is 24.0. The van der Waals surface area contributed by atoms with E-state index in [0.717, 1.165) is 17.2 Å². The Balaban J connectivity index is 2.31. The van der Waals surface area contributed by atoms with E-state index in [-0.39, 0.29) is 12.0 Å². The molecule has 1 aliphatic rings. The molecule has 1 aromatic heterocycles. The molecular formula is C14H17F3N2O4. The minimum absolute atomic E-state index is 0.0213. The van der Waals surface area contributed by atoms with Crippen LogP contribution in [0.3, 0.4) is 0 Å². The molecule has 2 atom stereocenters. The smallest absolute Gasteiger partial charge is 0.433 e. The van der Waals surface area contributed by atoms with Gasteiger partial charge in [-0.15, -0.1) is 0 Å². The molecule has 9 heteroatoms. The molecule has 1 saturated heterocycles. The first-order valence-electron chi connectivity index (χ1n) is 6.89. The number of amides is 1. The van der Waals surface area contributed by atoms with Gasteiger partial charge in [-0.3, -0.25) is 9.88 Å². The second-order valence-corrected chi connectivity index (χ2v) is 5.76. The summed E-state index contributed by atoms with van der Waals surface area (Å²) in [6.07, 6.45) is -5.65. The number of aromatic nitrogens is 1. The quantitative estimate of drug-likeness (QED) is 0.885. The van der Waals surface area contributed by atoms with Gasteiger partial charge in [0, 0.05) is 6.20 Å².